The summed E-state index contributed by atoms with van der Waals surface area (Å²) in [7, 11) is 2.14. The molecule has 228 valence electrons. The molecule has 0 amide bonds. The largest absolute Gasteiger partial charge is 0.351 e. The van der Waals surface area contributed by atoms with E-state index in [9.17, 15) is 5.26 Å². The van der Waals surface area contributed by atoms with E-state index < -0.39 is 0 Å². The molecule has 44 heavy (non-hydrogen) atoms. The van der Waals surface area contributed by atoms with E-state index in [4.69, 9.17) is 15.3 Å². The van der Waals surface area contributed by atoms with E-state index in [0.29, 0.717) is 34.2 Å². The average Bonchev–Trinajstić information content (AvgIpc) is 3.65. The monoisotopic (exact) mass is 594 g/mol. The maximum Gasteiger partial charge on any atom is 0.159 e. The van der Waals surface area contributed by atoms with Gasteiger partial charge in [-0.2, -0.15) is 10.4 Å². The summed E-state index contributed by atoms with van der Waals surface area (Å²) >= 11 is 0. The van der Waals surface area contributed by atoms with Crippen LogP contribution in [0.3, 0.4) is 0 Å². The fraction of sp³-hybridized carbons (Fsp3) is 0.485. The van der Waals surface area contributed by atoms with Crippen LogP contribution in [0, 0.1) is 37.9 Å². The molecule has 0 bridgehead atoms. The minimum atomic E-state index is -0.339. The van der Waals surface area contributed by atoms with Crippen molar-refractivity contribution in [2.75, 3.05) is 38.1 Å². The molecule has 7 rings (SSSR count). The van der Waals surface area contributed by atoms with Crippen LogP contribution in [-0.4, -0.2) is 79.9 Å². The number of aryl methyl sites for hydroxylation is 2. The number of pyridine rings is 1. The van der Waals surface area contributed by atoms with Crippen molar-refractivity contribution < 1.29 is 4.39 Å². The highest BCUT2D eigenvalue weighted by molar-refractivity contribution is 6.10. The minimum Gasteiger partial charge on any atom is -0.351 e. The lowest BCUT2D eigenvalue weighted by atomic mass is 9.89. The molecule has 2 aromatic carbocycles. The van der Waals surface area contributed by atoms with E-state index in [1.807, 2.05) is 25.5 Å². The third-order valence-electron chi connectivity index (χ3n) is 10.2. The molecule has 2 aliphatic heterocycles. The van der Waals surface area contributed by atoms with Crippen LogP contribution in [0.4, 0.5) is 10.2 Å². The molecule has 0 saturated carbocycles. The van der Waals surface area contributed by atoms with Gasteiger partial charge in [0.1, 0.15) is 11.0 Å². The van der Waals surface area contributed by atoms with E-state index >= 15 is 4.39 Å². The Bertz CT molecular complexity index is 1960. The number of hydrogen-bond donors (Lipinski definition) is 2. The summed E-state index contributed by atoms with van der Waals surface area (Å²) in [4.78, 5) is 9.62. The lowest BCUT2D eigenvalue weighted by molar-refractivity contribution is 0.109. The number of halogens is 1. The van der Waals surface area contributed by atoms with Crippen molar-refractivity contribution in [3.63, 3.8) is 0 Å². The van der Waals surface area contributed by atoms with Gasteiger partial charge in [-0.3, -0.25) is 10.00 Å². The summed E-state index contributed by atoms with van der Waals surface area (Å²) in [6.07, 6.45) is 3.82. The van der Waals surface area contributed by atoms with Gasteiger partial charge in [-0.25, -0.2) is 14.1 Å². The lowest BCUT2D eigenvalue weighted by Crippen LogP contribution is -2.68. The number of rotatable bonds is 6. The zero-order chi connectivity index (χ0) is 30.9. The van der Waals surface area contributed by atoms with Crippen molar-refractivity contribution in [3.05, 3.63) is 40.8 Å². The Morgan fingerprint density at radius 1 is 1.14 bits per heavy atom. The number of aromatic amines is 1. The van der Waals surface area contributed by atoms with Crippen LogP contribution < -0.4 is 10.2 Å². The normalized spacial score (nSPS) is 20.1. The second kappa shape index (κ2) is 10.5. The van der Waals surface area contributed by atoms with Gasteiger partial charge < -0.3 is 10.2 Å². The van der Waals surface area contributed by atoms with E-state index in [1.165, 1.54) is 0 Å². The number of fused-ring (bicyclic) bond motifs is 4. The van der Waals surface area contributed by atoms with Gasteiger partial charge in [0.25, 0.3) is 0 Å². The number of nitriles is 1. The predicted molar refractivity (Wildman–Crippen MR) is 171 cm³/mol. The first-order valence-corrected chi connectivity index (χ1v) is 15.5. The molecule has 0 radical (unpaired) electrons. The highest BCUT2D eigenvalue weighted by Crippen LogP contribution is 2.43. The summed E-state index contributed by atoms with van der Waals surface area (Å²) in [5.41, 5.74) is 7.03. The molecule has 0 spiro atoms. The van der Waals surface area contributed by atoms with Gasteiger partial charge in [0, 0.05) is 35.5 Å². The van der Waals surface area contributed by atoms with Crippen molar-refractivity contribution in [1.29, 1.82) is 5.26 Å². The third kappa shape index (κ3) is 4.26. The number of benzene rings is 2. The van der Waals surface area contributed by atoms with Gasteiger partial charge >= 0.3 is 0 Å². The zero-order valence-corrected chi connectivity index (χ0v) is 26.3. The molecular weight excluding hydrogens is 555 g/mol. The van der Waals surface area contributed by atoms with E-state index in [2.05, 4.69) is 64.4 Å². The summed E-state index contributed by atoms with van der Waals surface area (Å²) in [5, 5.41) is 31.2. The molecule has 3 aromatic heterocycles. The Labute approximate surface area is 256 Å². The summed E-state index contributed by atoms with van der Waals surface area (Å²) in [6.45, 7) is 13.7. The fourth-order valence-electron chi connectivity index (χ4n) is 7.37. The molecule has 10 nitrogen and oxygen atoms in total. The van der Waals surface area contributed by atoms with Crippen LogP contribution in [0.1, 0.15) is 55.8 Å². The fourth-order valence-corrected chi connectivity index (χ4v) is 7.37. The number of nitrogens with zero attached hydrogens (tertiary/aromatic N) is 8. The molecule has 2 fully saturated rings. The molecule has 11 heteroatoms. The highest BCUT2D eigenvalue weighted by Gasteiger charge is 2.43. The maximum absolute atomic E-state index is 17.2. The molecule has 2 atom stereocenters. The molecule has 2 saturated heterocycles. The average molecular weight is 595 g/mol. The SMILES string of the molecule is CCN(C)C1(C)CN(c2nc3c(F)c(-c4c(C)c(C)cc5[nH]ncc45)c(C)cc3c3c2nnn3[C@H]2CCN[C@H](CC#N)C2)C1. The van der Waals surface area contributed by atoms with Gasteiger partial charge in [-0.05, 0) is 95.1 Å². The quantitative estimate of drug-likeness (QED) is 0.271. The second-order valence-corrected chi connectivity index (χ2v) is 13.0. The van der Waals surface area contributed by atoms with E-state index in [-0.39, 0.29) is 23.4 Å². The number of aromatic nitrogens is 6. The Morgan fingerprint density at radius 2 is 1.93 bits per heavy atom. The van der Waals surface area contributed by atoms with Crippen LogP contribution >= 0.6 is 0 Å². The van der Waals surface area contributed by atoms with Gasteiger partial charge in [0.05, 0.1) is 35.8 Å². The number of likely N-dealkylation sites (N-methyl/N-ethyl adjacent to an activating group) is 1. The first-order valence-electron chi connectivity index (χ1n) is 15.5. The second-order valence-electron chi connectivity index (χ2n) is 13.0. The maximum atomic E-state index is 17.2. The molecular formula is C33H39FN10. The molecule has 0 aliphatic carbocycles. The smallest absolute Gasteiger partial charge is 0.159 e. The minimum absolute atomic E-state index is 0.00416. The summed E-state index contributed by atoms with van der Waals surface area (Å²) < 4.78 is 19.2. The van der Waals surface area contributed by atoms with Gasteiger partial charge in [0.2, 0.25) is 0 Å². The third-order valence-corrected chi connectivity index (χ3v) is 10.2. The van der Waals surface area contributed by atoms with Crippen LogP contribution in [-0.2, 0) is 0 Å². The molecule has 2 N–H and O–H groups in total. The van der Waals surface area contributed by atoms with Crippen LogP contribution in [0.15, 0.2) is 18.3 Å². The standard InChI is InChI=1S/C33H39FN10/c1-7-42(6)33(5)16-43(17-33)32-30-31(44(41-40-30)22-9-11-36-21(14-22)8-10-35)23-12-19(3)26(28(34)29(23)38-32)27-20(4)18(2)13-25-24(27)15-37-39-25/h12-13,15,21-22,36H,7-9,11,14,16-17H2,1-6H3,(H,37,39)/t21-,22+/m1/s1. The number of anilines is 1. The molecule has 5 heterocycles. The van der Waals surface area contributed by atoms with Crippen molar-refractivity contribution in [2.24, 2.45) is 0 Å². The number of nitrogens with one attached hydrogen (secondary N) is 2. The van der Waals surface area contributed by atoms with Crippen molar-refractivity contribution in [1.82, 2.24) is 40.4 Å². The molecule has 0 unspecified atom stereocenters. The highest BCUT2D eigenvalue weighted by atomic mass is 19.1. The Hall–Kier alpha value is -4.14. The van der Waals surface area contributed by atoms with Crippen LogP contribution in [0.5, 0.6) is 0 Å². The molecule has 5 aromatic rings. The van der Waals surface area contributed by atoms with Crippen molar-refractivity contribution >= 4 is 38.7 Å². The van der Waals surface area contributed by atoms with E-state index in [1.54, 1.807) is 6.20 Å². The number of H-pyrrole nitrogens is 1. The first kappa shape index (κ1) is 28.6. The van der Waals surface area contributed by atoms with E-state index in [0.717, 1.165) is 77.7 Å². The topological polar surface area (TPSA) is 115 Å². The van der Waals surface area contributed by atoms with Crippen LogP contribution in [0.25, 0.3) is 44.0 Å². The number of piperidine rings is 1. The van der Waals surface area contributed by atoms with Crippen molar-refractivity contribution in [3.8, 4) is 17.2 Å². The number of hydrogen-bond acceptors (Lipinski definition) is 8. The summed E-state index contributed by atoms with van der Waals surface area (Å²) in [5.74, 6) is 0.333. The summed E-state index contributed by atoms with van der Waals surface area (Å²) in [6, 6.07) is 6.54. The Morgan fingerprint density at radius 3 is 2.68 bits per heavy atom. The predicted octanol–water partition coefficient (Wildman–Crippen LogP) is 5.32. The van der Waals surface area contributed by atoms with Gasteiger partial charge in [-0.15, -0.1) is 5.10 Å². The Kier molecular flexibility index (Phi) is 6.83. The van der Waals surface area contributed by atoms with Crippen molar-refractivity contribution in [2.45, 2.75) is 71.5 Å². The van der Waals surface area contributed by atoms with Gasteiger partial charge in [-0.1, -0.05) is 12.1 Å². The molecule has 2 aliphatic rings. The van der Waals surface area contributed by atoms with Gasteiger partial charge in [0.15, 0.2) is 17.2 Å². The van der Waals surface area contributed by atoms with Crippen LogP contribution in [0.2, 0.25) is 0 Å². The Balaban J connectivity index is 1.47. The zero-order valence-electron chi connectivity index (χ0n) is 26.3. The lowest BCUT2D eigenvalue weighted by Gasteiger charge is -2.53. The first-order chi connectivity index (χ1) is 21.1.